The van der Waals surface area contributed by atoms with Crippen molar-refractivity contribution >= 4 is 63.1 Å². The summed E-state index contributed by atoms with van der Waals surface area (Å²) in [6, 6.07) is 8.80. The minimum atomic E-state index is -1.38. The average Bonchev–Trinajstić information content (AvgIpc) is 2.06. The molecule has 13 heavy (non-hydrogen) atoms. The number of ketones is 1. The van der Waals surface area contributed by atoms with Crippen LogP contribution in [0.15, 0.2) is 30.3 Å². The second-order valence-corrected chi connectivity index (χ2v) is 2.39. The summed E-state index contributed by atoms with van der Waals surface area (Å²) in [5.74, 6) is -2.15. The predicted molar refractivity (Wildman–Crippen MR) is 49.9 cm³/mol. The van der Waals surface area contributed by atoms with E-state index < -0.39 is 11.8 Å². The molecular formula is C9H9KO3. The summed E-state index contributed by atoms with van der Waals surface area (Å²) in [6.45, 7) is 0. The van der Waals surface area contributed by atoms with Crippen molar-refractivity contribution in [3.05, 3.63) is 35.9 Å². The maximum absolute atomic E-state index is 10.7. The Morgan fingerprint density at radius 2 is 1.69 bits per heavy atom. The molecule has 1 aromatic carbocycles. The average molecular weight is 204 g/mol. The van der Waals surface area contributed by atoms with E-state index in [-0.39, 0.29) is 57.8 Å². The van der Waals surface area contributed by atoms with Crippen LogP contribution in [0.3, 0.4) is 0 Å². The normalized spacial score (nSPS) is 8.62. The topological polar surface area (TPSA) is 54.4 Å². The molecule has 0 atom stereocenters. The van der Waals surface area contributed by atoms with Crippen molar-refractivity contribution in [3.8, 4) is 0 Å². The van der Waals surface area contributed by atoms with E-state index in [9.17, 15) is 9.59 Å². The molecule has 0 aliphatic carbocycles. The van der Waals surface area contributed by atoms with E-state index in [1.165, 1.54) is 0 Å². The maximum atomic E-state index is 10.7. The van der Waals surface area contributed by atoms with E-state index >= 15 is 0 Å². The number of benzene rings is 1. The van der Waals surface area contributed by atoms with Gasteiger partial charge < -0.3 is 5.11 Å². The molecule has 0 spiro atoms. The fraction of sp³-hybridized carbons (Fsp3) is 0.111. The zero-order valence-electron chi connectivity index (χ0n) is 6.36. The number of carbonyl (C=O) groups excluding carboxylic acids is 1. The molecule has 0 unspecified atom stereocenters. The van der Waals surface area contributed by atoms with Gasteiger partial charge >= 0.3 is 57.4 Å². The van der Waals surface area contributed by atoms with Gasteiger partial charge in [-0.25, -0.2) is 4.79 Å². The van der Waals surface area contributed by atoms with E-state index in [0.29, 0.717) is 0 Å². The van der Waals surface area contributed by atoms with Crippen LogP contribution in [0.1, 0.15) is 5.56 Å². The molecule has 0 aromatic heterocycles. The number of carboxylic acids is 1. The third-order valence-electron chi connectivity index (χ3n) is 1.45. The van der Waals surface area contributed by atoms with Gasteiger partial charge in [0, 0.05) is 6.42 Å². The molecule has 3 nitrogen and oxygen atoms in total. The zero-order chi connectivity index (χ0) is 8.97. The predicted octanol–water partition coefficient (Wildman–Crippen LogP) is 0.234. The van der Waals surface area contributed by atoms with Gasteiger partial charge in [-0.15, -0.1) is 0 Å². The van der Waals surface area contributed by atoms with Crippen LogP contribution in [0.2, 0.25) is 0 Å². The number of rotatable bonds is 3. The third kappa shape index (κ3) is 4.68. The standard InChI is InChI=1S/C9H8O3.K.H/c10-8(9(11)12)6-7-4-2-1-3-5-7;;/h1-5H,6H2,(H,11,12);;. The summed E-state index contributed by atoms with van der Waals surface area (Å²) in [6.07, 6.45) is -0.0316. The van der Waals surface area contributed by atoms with Gasteiger partial charge in [0.2, 0.25) is 5.78 Å². The molecule has 0 aliphatic rings. The molecule has 0 saturated carbocycles. The summed E-state index contributed by atoms with van der Waals surface area (Å²) in [4.78, 5) is 20.9. The van der Waals surface area contributed by atoms with Crippen molar-refractivity contribution in [2.45, 2.75) is 6.42 Å². The van der Waals surface area contributed by atoms with Gasteiger partial charge in [-0.05, 0) is 5.56 Å². The molecule has 1 aromatic rings. The number of Topliss-reactive ketones (excluding diaryl/α,β-unsaturated/α-hetero) is 1. The van der Waals surface area contributed by atoms with Crippen LogP contribution in [0.4, 0.5) is 0 Å². The van der Waals surface area contributed by atoms with Gasteiger partial charge in [-0.2, -0.15) is 0 Å². The molecule has 0 fully saturated rings. The molecule has 0 aliphatic heterocycles. The Bertz CT molecular complexity index is 295. The molecule has 0 radical (unpaired) electrons. The molecule has 0 saturated heterocycles. The Morgan fingerprint density at radius 3 is 2.15 bits per heavy atom. The van der Waals surface area contributed by atoms with E-state index in [1.54, 1.807) is 24.3 Å². The SMILES string of the molecule is O=C(O)C(=O)Cc1ccccc1.[KH]. The molecular weight excluding hydrogens is 195 g/mol. The third-order valence-corrected chi connectivity index (χ3v) is 1.45. The fourth-order valence-corrected chi connectivity index (χ4v) is 0.857. The van der Waals surface area contributed by atoms with E-state index in [0.717, 1.165) is 5.56 Å². The first-order valence-electron chi connectivity index (χ1n) is 3.50. The summed E-state index contributed by atoms with van der Waals surface area (Å²) < 4.78 is 0. The summed E-state index contributed by atoms with van der Waals surface area (Å²) in [5, 5.41) is 8.29. The Labute approximate surface area is 119 Å². The minimum absolute atomic E-state index is 0. The van der Waals surface area contributed by atoms with Gasteiger partial charge in [0.15, 0.2) is 0 Å². The van der Waals surface area contributed by atoms with Gasteiger partial charge in [-0.1, -0.05) is 30.3 Å². The van der Waals surface area contributed by atoms with Crippen molar-refractivity contribution in [2.75, 3.05) is 0 Å². The fourth-order valence-electron chi connectivity index (χ4n) is 0.857. The van der Waals surface area contributed by atoms with Crippen molar-refractivity contribution in [1.29, 1.82) is 0 Å². The zero-order valence-corrected chi connectivity index (χ0v) is 6.36. The second kappa shape index (κ2) is 6.45. The molecule has 0 bridgehead atoms. The Hall–Kier alpha value is -0.00364. The molecule has 0 amide bonds. The summed E-state index contributed by atoms with van der Waals surface area (Å²) in [7, 11) is 0. The van der Waals surface area contributed by atoms with Gasteiger partial charge in [0.05, 0.1) is 0 Å². The van der Waals surface area contributed by atoms with Crippen molar-refractivity contribution in [3.63, 3.8) is 0 Å². The van der Waals surface area contributed by atoms with Crippen LogP contribution < -0.4 is 0 Å². The quantitative estimate of drug-likeness (QED) is 0.566. The monoisotopic (exact) mass is 204 g/mol. The van der Waals surface area contributed by atoms with Crippen LogP contribution >= 0.6 is 0 Å². The first-order valence-corrected chi connectivity index (χ1v) is 3.50. The van der Waals surface area contributed by atoms with Crippen LogP contribution in [-0.4, -0.2) is 68.2 Å². The van der Waals surface area contributed by atoms with Gasteiger partial charge in [0.25, 0.3) is 0 Å². The van der Waals surface area contributed by atoms with E-state index in [2.05, 4.69) is 0 Å². The summed E-state index contributed by atoms with van der Waals surface area (Å²) >= 11 is 0. The van der Waals surface area contributed by atoms with Crippen LogP contribution in [-0.2, 0) is 16.0 Å². The summed E-state index contributed by atoms with van der Waals surface area (Å²) in [5.41, 5.74) is 0.727. The van der Waals surface area contributed by atoms with Crippen LogP contribution in [0.25, 0.3) is 0 Å². The van der Waals surface area contributed by atoms with E-state index in [1.807, 2.05) is 6.07 Å². The van der Waals surface area contributed by atoms with Crippen molar-refractivity contribution < 1.29 is 14.7 Å². The van der Waals surface area contributed by atoms with Crippen LogP contribution in [0, 0.1) is 0 Å². The Kier molecular flexibility index (Phi) is 6.45. The number of hydrogen-bond donors (Lipinski definition) is 1. The Morgan fingerprint density at radius 1 is 1.15 bits per heavy atom. The van der Waals surface area contributed by atoms with Gasteiger partial charge in [-0.3, -0.25) is 4.79 Å². The number of hydrogen-bond acceptors (Lipinski definition) is 2. The molecule has 1 N–H and O–H groups in total. The second-order valence-electron chi connectivity index (χ2n) is 2.39. The van der Waals surface area contributed by atoms with Gasteiger partial charge in [0.1, 0.15) is 0 Å². The molecule has 4 heteroatoms. The number of carbonyl (C=O) groups is 2. The van der Waals surface area contributed by atoms with Crippen molar-refractivity contribution in [1.82, 2.24) is 0 Å². The van der Waals surface area contributed by atoms with E-state index in [4.69, 9.17) is 5.11 Å². The number of carboxylic acid groups (broad SMARTS) is 1. The first kappa shape index (κ1) is 13.0. The Balaban J connectivity index is 0.00000144. The molecule has 64 valence electrons. The number of aliphatic carboxylic acids is 1. The molecule has 0 heterocycles. The molecule has 1 rings (SSSR count). The van der Waals surface area contributed by atoms with Crippen molar-refractivity contribution in [2.24, 2.45) is 0 Å². The van der Waals surface area contributed by atoms with Crippen LogP contribution in [0.5, 0.6) is 0 Å². The first-order chi connectivity index (χ1) is 5.70.